The zero-order valence-electron chi connectivity index (χ0n) is 6.82. The number of hydrogen-bond acceptors (Lipinski definition) is 3. The Morgan fingerprint density at radius 1 is 1.58 bits per heavy atom. The Bertz CT molecular complexity index is 299. The number of aryl methyl sites for hydroxylation is 3. The van der Waals surface area contributed by atoms with Gasteiger partial charge in [-0.2, -0.15) is 10.4 Å². The summed E-state index contributed by atoms with van der Waals surface area (Å²) in [5.74, 6) is 1.91. The van der Waals surface area contributed by atoms with Crippen molar-refractivity contribution < 1.29 is 0 Å². The molecule has 2 rings (SSSR count). The molecule has 0 unspecified atom stereocenters. The van der Waals surface area contributed by atoms with E-state index in [-0.39, 0.29) is 0 Å². The molecule has 1 aromatic rings. The van der Waals surface area contributed by atoms with Gasteiger partial charge in [0.1, 0.15) is 5.82 Å². The van der Waals surface area contributed by atoms with Gasteiger partial charge in [-0.3, -0.25) is 0 Å². The molecule has 0 atom stereocenters. The monoisotopic (exact) mass is 162 g/mol. The number of fused-ring (bicyclic) bond motifs is 1. The second kappa shape index (κ2) is 2.94. The minimum Gasteiger partial charge on any atom is -0.250 e. The average Bonchev–Trinajstić information content (AvgIpc) is 2.58. The van der Waals surface area contributed by atoms with Gasteiger partial charge in [-0.05, 0) is 6.42 Å². The number of nitrogens with zero attached hydrogens (tertiary/aromatic N) is 4. The van der Waals surface area contributed by atoms with Crippen LogP contribution in [0.4, 0.5) is 0 Å². The summed E-state index contributed by atoms with van der Waals surface area (Å²) in [4.78, 5) is 4.33. The Morgan fingerprint density at radius 3 is 3.25 bits per heavy atom. The Labute approximate surface area is 70.8 Å². The number of nitriles is 1. The quantitative estimate of drug-likeness (QED) is 0.642. The summed E-state index contributed by atoms with van der Waals surface area (Å²) in [6, 6.07) is 2.09. The van der Waals surface area contributed by atoms with Crippen molar-refractivity contribution in [3.05, 3.63) is 11.6 Å². The SMILES string of the molecule is N#CCCc1nc2n(n1)CCC2. The molecular formula is C8H10N4. The maximum absolute atomic E-state index is 8.36. The van der Waals surface area contributed by atoms with E-state index in [0.717, 1.165) is 31.0 Å². The van der Waals surface area contributed by atoms with E-state index < -0.39 is 0 Å². The van der Waals surface area contributed by atoms with Gasteiger partial charge in [0.2, 0.25) is 0 Å². The second-order valence-electron chi connectivity index (χ2n) is 2.93. The number of hydrogen-bond donors (Lipinski definition) is 0. The van der Waals surface area contributed by atoms with E-state index in [1.54, 1.807) is 0 Å². The van der Waals surface area contributed by atoms with Crippen LogP contribution in [0.5, 0.6) is 0 Å². The van der Waals surface area contributed by atoms with Gasteiger partial charge in [-0.15, -0.1) is 0 Å². The van der Waals surface area contributed by atoms with Crippen molar-refractivity contribution in [1.82, 2.24) is 14.8 Å². The lowest BCUT2D eigenvalue weighted by molar-refractivity contribution is 0.642. The largest absolute Gasteiger partial charge is 0.250 e. The highest BCUT2D eigenvalue weighted by Crippen LogP contribution is 2.11. The van der Waals surface area contributed by atoms with E-state index in [2.05, 4.69) is 16.2 Å². The topological polar surface area (TPSA) is 54.5 Å². The van der Waals surface area contributed by atoms with Crippen LogP contribution in [0.1, 0.15) is 24.5 Å². The molecule has 0 aromatic carbocycles. The van der Waals surface area contributed by atoms with Gasteiger partial charge in [-0.1, -0.05) is 0 Å². The van der Waals surface area contributed by atoms with E-state index >= 15 is 0 Å². The normalized spacial score (nSPS) is 14.2. The third kappa shape index (κ3) is 1.18. The fourth-order valence-corrected chi connectivity index (χ4v) is 1.45. The Balaban J connectivity index is 2.11. The third-order valence-electron chi connectivity index (χ3n) is 2.02. The lowest BCUT2D eigenvalue weighted by atomic mass is 10.3. The Morgan fingerprint density at radius 2 is 2.50 bits per heavy atom. The second-order valence-corrected chi connectivity index (χ2v) is 2.93. The van der Waals surface area contributed by atoms with Gasteiger partial charge < -0.3 is 0 Å². The molecule has 0 N–H and O–H groups in total. The summed E-state index contributed by atoms with van der Waals surface area (Å²) in [7, 11) is 0. The molecule has 0 spiro atoms. The van der Waals surface area contributed by atoms with Crippen LogP contribution in [0, 0.1) is 11.3 Å². The van der Waals surface area contributed by atoms with E-state index in [4.69, 9.17) is 5.26 Å². The van der Waals surface area contributed by atoms with E-state index in [0.29, 0.717) is 12.8 Å². The predicted molar refractivity (Wildman–Crippen MR) is 42.3 cm³/mol. The van der Waals surface area contributed by atoms with Gasteiger partial charge in [0.15, 0.2) is 5.82 Å². The molecule has 4 heteroatoms. The van der Waals surface area contributed by atoms with Gasteiger partial charge in [0.25, 0.3) is 0 Å². The van der Waals surface area contributed by atoms with Crippen molar-refractivity contribution in [3.63, 3.8) is 0 Å². The fourth-order valence-electron chi connectivity index (χ4n) is 1.45. The molecule has 0 amide bonds. The van der Waals surface area contributed by atoms with E-state index in [1.807, 2.05) is 4.68 Å². The molecule has 1 aromatic heterocycles. The summed E-state index contributed by atoms with van der Waals surface area (Å²) in [6.07, 6.45) is 3.41. The molecule has 0 saturated heterocycles. The van der Waals surface area contributed by atoms with Gasteiger partial charge in [0.05, 0.1) is 6.07 Å². The summed E-state index contributed by atoms with van der Waals surface area (Å²) < 4.78 is 1.95. The molecule has 0 aliphatic carbocycles. The highest BCUT2D eigenvalue weighted by atomic mass is 15.4. The summed E-state index contributed by atoms with van der Waals surface area (Å²) in [5, 5.41) is 12.6. The zero-order chi connectivity index (χ0) is 8.39. The lowest BCUT2D eigenvalue weighted by Crippen LogP contribution is -1.95. The van der Waals surface area contributed by atoms with Crippen LogP contribution >= 0.6 is 0 Å². The third-order valence-corrected chi connectivity index (χ3v) is 2.02. The molecule has 0 saturated carbocycles. The van der Waals surface area contributed by atoms with Crippen molar-refractivity contribution in [2.75, 3.05) is 0 Å². The van der Waals surface area contributed by atoms with Gasteiger partial charge in [0, 0.05) is 25.8 Å². The van der Waals surface area contributed by atoms with Crippen LogP contribution < -0.4 is 0 Å². The van der Waals surface area contributed by atoms with Crippen molar-refractivity contribution >= 4 is 0 Å². The van der Waals surface area contributed by atoms with Crippen LogP contribution in [0.15, 0.2) is 0 Å². The first-order chi connectivity index (χ1) is 5.90. The first-order valence-corrected chi connectivity index (χ1v) is 4.19. The average molecular weight is 162 g/mol. The first kappa shape index (κ1) is 7.29. The Kier molecular flexibility index (Phi) is 1.78. The smallest absolute Gasteiger partial charge is 0.151 e. The molecule has 1 aliphatic rings. The van der Waals surface area contributed by atoms with Crippen molar-refractivity contribution in [2.24, 2.45) is 0 Å². The van der Waals surface area contributed by atoms with Crippen molar-refractivity contribution in [3.8, 4) is 6.07 Å². The van der Waals surface area contributed by atoms with Crippen LogP contribution in [0.3, 0.4) is 0 Å². The molecule has 4 nitrogen and oxygen atoms in total. The van der Waals surface area contributed by atoms with Gasteiger partial charge in [-0.25, -0.2) is 9.67 Å². The summed E-state index contributed by atoms with van der Waals surface area (Å²) in [5.41, 5.74) is 0. The highest BCUT2D eigenvalue weighted by molar-refractivity contribution is 4.98. The standard InChI is InChI=1S/C8H10N4/c9-5-1-3-7-10-8-4-2-6-12(8)11-7/h1-4,6H2. The minimum atomic E-state index is 0.517. The fraction of sp³-hybridized carbons (Fsp3) is 0.625. The molecule has 2 heterocycles. The molecule has 0 radical (unpaired) electrons. The number of aromatic nitrogens is 3. The molecule has 1 aliphatic heterocycles. The van der Waals surface area contributed by atoms with Crippen molar-refractivity contribution in [1.29, 1.82) is 5.26 Å². The number of rotatable bonds is 2. The van der Waals surface area contributed by atoms with Crippen LogP contribution in [0.2, 0.25) is 0 Å². The predicted octanol–water partition coefficient (Wildman–Crippen LogP) is 0.680. The summed E-state index contributed by atoms with van der Waals surface area (Å²) >= 11 is 0. The van der Waals surface area contributed by atoms with Crippen LogP contribution in [0.25, 0.3) is 0 Å². The Hall–Kier alpha value is -1.37. The molecule has 62 valence electrons. The van der Waals surface area contributed by atoms with E-state index in [9.17, 15) is 0 Å². The van der Waals surface area contributed by atoms with Crippen molar-refractivity contribution in [2.45, 2.75) is 32.2 Å². The lowest BCUT2D eigenvalue weighted by Gasteiger charge is -1.88. The molecule has 12 heavy (non-hydrogen) atoms. The zero-order valence-corrected chi connectivity index (χ0v) is 6.82. The maximum Gasteiger partial charge on any atom is 0.151 e. The minimum absolute atomic E-state index is 0.517. The highest BCUT2D eigenvalue weighted by Gasteiger charge is 2.14. The van der Waals surface area contributed by atoms with E-state index in [1.165, 1.54) is 0 Å². The summed E-state index contributed by atoms with van der Waals surface area (Å²) in [6.45, 7) is 0.995. The van der Waals surface area contributed by atoms with Crippen LogP contribution in [-0.4, -0.2) is 14.8 Å². The first-order valence-electron chi connectivity index (χ1n) is 4.19. The molecular weight excluding hydrogens is 152 g/mol. The molecule has 0 bridgehead atoms. The maximum atomic E-state index is 8.36. The van der Waals surface area contributed by atoms with Gasteiger partial charge >= 0.3 is 0 Å². The molecule has 0 fully saturated rings. The van der Waals surface area contributed by atoms with Crippen LogP contribution in [-0.2, 0) is 19.4 Å².